The first-order valence-corrected chi connectivity index (χ1v) is 9.72. The lowest BCUT2D eigenvalue weighted by molar-refractivity contribution is 0.102. The van der Waals surface area contributed by atoms with E-state index < -0.39 is 12.3 Å². The Kier molecular flexibility index (Phi) is 9.47. The Morgan fingerprint density at radius 2 is 1.25 bits per heavy atom. The van der Waals surface area contributed by atoms with Crippen LogP contribution in [0.15, 0.2) is 0 Å². The van der Waals surface area contributed by atoms with Gasteiger partial charge in [0.05, 0.1) is 0 Å². The van der Waals surface area contributed by atoms with Crippen molar-refractivity contribution in [3.05, 3.63) is 0 Å². The zero-order chi connectivity index (χ0) is 17.0. The van der Waals surface area contributed by atoms with Crippen LogP contribution in [0.2, 0.25) is 0 Å². The quantitative estimate of drug-likeness (QED) is 0.269. The van der Waals surface area contributed by atoms with Crippen LogP contribution in [-0.4, -0.2) is 62.5 Å². The van der Waals surface area contributed by atoms with Crippen LogP contribution in [-0.2, 0) is 27.3 Å². The van der Waals surface area contributed by atoms with Crippen LogP contribution in [0, 0.1) is 0 Å². The molecule has 0 amide bonds. The average molecular weight is 382 g/mol. The van der Waals surface area contributed by atoms with Gasteiger partial charge in [0, 0.05) is 11.5 Å². The molecule has 10 heteroatoms. The van der Waals surface area contributed by atoms with Crippen molar-refractivity contribution >= 4 is 36.4 Å². The maximum absolute atomic E-state index is 10.7. The van der Waals surface area contributed by atoms with E-state index in [-0.39, 0.29) is 25.4 Å². The minimum absolute atomic E-state index is 0.273. The first kappa shape index (κ1) is 19.5. The molecule has 0 aliphatic carbocycles. The van der Waals surface area contributed by atoms with Gasteiger partial charge >= 0.3 is 12.3 Å². The molecule has 2 aliphatic heterocycles. The van der Waals surface area contributed by atoms with E-state index in [0.29, 0.717) is 13.2 Å². The fraction of sp³-hybridized carbons (Fsp3) is 0.857. The largest absolute Gasteiger partial charge is 0.508 e. The van der Waals surface area contributed by atoms with E-state index >= 15 is 0 Å². The van der Waals surface area contributed by atoms with E-state index in [0.717, 1.165) is 37.2 Å². The lowest BCUT2D eigenvalue weighted by Gasteiger charge is -2.07. The predicted molar refractivity (Wildman–Crippen MR) is 87.7 cm³/mol. The van der Waals surface area contributed by atoms with Crippen LogP contribution < -0.4 is 0 Å². The molecule has 0 N–H and O–H groups in total. The Labute approximate surface area is 149 Å². The van der Waals surface area contributed by atoms with Gasteiger partial charge in [-0.1, -0.05) is 12.8 Å². The Bertz CT molecular complexity index is 359. The van der Waals surface area contributed by atoms with E-state index in [1.807, 2.05) is 0 Å². The normalized spacial score (nSPS) is 22.8. The van der Waals surface area contributed by atoms with Gasteiger partial charge < -0.3 is 27.3 Å². The summed E-state index contributed by atoms with van der Waals surface area (Å²) >= 11 is 2.80. The van der Waals surface area contributed by atoms with Crippen LogP contribution >= 0.6 is 24.1 Å². The Morgan fingerprint density at radius 3 is 1.62 bits per heavy atom. The van der Waals surface area contributed by atoms with Crippen LogP contribution in [0.25, 0.3) is 0 Å². The molecule has 2 heterocycles. The van der Waals surface area contributed by atoms with Gasteiger partial charge in [0.2, 0.25) is 0 Å². The molecular weight excluding hydrogens is 360 g/mol. The van der Waals surface area contributed by atoms with Gasteiger partial charge in [-0.2, -0.15) is 0 Å². The maximum atomic E-state index is 10.7. The van der Waals surface area contributed by atoms with E-state index in [2.05, 4.69) is 9.47 Å². The third-order valence-electron chi connectivity index (χ3n) is 3.18. The third kappa shape index (κ3) is 8.32. The van der Waals surface area contributed by atoms with E-state index in [9.17, 15) is 9.59 Å². The average Bonchev–Trinajstić information content (AvgIpc) is 3.17. The minimum atomic E-state index is -0.618. The second-order valence-electron chi connectivity index (χ2n) is 5.23. The number of cyclic esters (lactones) is 4. The standard InChI is InChI=1S/C14H22O8S2/c15-13-17-7-11(21-13)9-19-23-5-3-1-2-4-6-24-20-10-12-8-18-14(16)22-12/h11-12H,1-10H2. The van der Waals surface area contributed by atoms with Gasteiger partial charge in [-0.15, -0.1) is 0 Å². The number of rotatable bonds is 13. The summed E-state index contributed by atoms with van der Waals surface area (Å²) in [5.41, 5.74) is 0. The number of carbonyl (C=O) groups excluding carboxylic acids is 2. The zero-order valence-electron chi connectivity index (χ0n) is 13.3. The van der Waals surface area contributed by atoms with Gasteiger partial charge in [-0.3, -0.25) is 0 Å². The predicted octanol–water partition coefficient (Wildman–Crippen LogP) is 2.95. The van der Waals surface area contributed by atoms with Gasteiger partial charge in [-0.05, 0) is 36.9 Å². The Hall–Kier alpha value is -0.840. The fourth-order valence-electron chi connectivity index (χ4n) is 1.94. The lowest BCUT2D eigenvalue weighted by atomic mass is 10.2. The van der Waals surface area contributed by atoms with Crippen molar-refractivity contribution in [1.82, 2.24) is 0 Å². The number of hydrogen-bond acceptors (Lipinski definition) is 10. The Balaban J connectivity index is 1.26. The second-order valence-corrected chi connectivity index (χ2v) is 6.99. The highest BCUT2D eigenvalue weighted by molar-refractivity contribution is 7.94. The monoisotopic (exact) mass is 382 g/mol. The molecule has 0 aromatic rings. The van der Waals surface area contributed by atoms with E-state index in [1.54, 1.807) is 0 Å². The molecule has 0 aromatic heterocycles. The van der Waals surface area contributed by atoms with Crippen molar-refractivity contribution in [1.29, 1.82) is 0 Å². The van der Waals surface area contributed by atoms with Gasteiger partial charge in [0.15, 0.2) is 12.2 Å². The molecule has 2 atom stereocenters. The highest BCUT2D eigenvalue weighted by atomic mass is 32.2. The van der Waals surface area contributed by atoms with Crippen LogP contribution in [0.5, 0.6) is 0 Å². The zero-order valence-corrected chi connectivity index (χ0v) is 14.9. The van der Waals surface area contributed by atoms with Gasteiger partial charge in [-0.25, -0.2) is 9.59 Å². The smallest absolute Gasteiger partial charge is 0.430 e. The molecule has 0 bridgehead atoms. The minimum Gasteiger partial charge on any atom is -0.430 e. The van der Waals surface area contributed by atoms with E-state index in [1.165, 1.54) is 24.1 Å². The summed E-state index contributed by atoms with van der Waals surface area (Å²) in [4.78, 5) is 21.4. The SMILES string of the molecule is O=C1OCC(COSCCCCCCSOCC2COC(=O)O2)O1. The van der Waals surface area contributed by atoms with Gasteiger partial charge in [0.25, 0.3) is 0 Å². The van der Waals surface area contributed by atoms with Crippen molar-refractivity contribution in [2.75, 3.05) is 37.9 Å². The molecular formula is C14H22O8S2. The van der Waals surface area contributed by atoms with E-state index in [4.69, 9.17) is 17.8 Å². The van der Waals surface area contributed by atoms with Crippen molar-refractivity contribution in [3.63, 3.8) is 0 Å². The molecule has 0 spiro atoms. The Morgan fingerprint density at radius 1 is 0.792 bits per heavy atom. The molecule has 0 aromatic carbocycles. The highest BCUT2D eigenvalue weighted by Crippen LogP contribution is 2.15. The molecule has 24 heavy (non-hydrogen) atoms. The molecule has 8 nitrogen and oxygen atoms in total. The van der Waals surface area contributed by atoms with Crippen molar-refractivity contribution in [2.45, 2.75) is 37.9 Å². The summed E-state index contributed by atoms with van der Waals surface area (Å²) in [6.45, 7) is 1.28. The van der Waals surface area contributed by atoms with Gasteiger partial charge in [0.1, 0.15) is 26.4 Å². The topological polar surface area (TPSA) is 89.5 Å². The molecule has 0 saturated carbocycles. The first-order chi connectivity index (χ1) is 11.7. The van der Waals surface area contributed by atoms with Crippen LogP contribution in [0.4, 0.5) is 9.59 Å². The summed E-state index contributed by atoms with van der Waals surface area (Å²) < 4.78 is 29.8. The summed E-state index contributed by atoms with van der Waals surface area (Å²) in [6.07, 6.45) is 2.63. The molecule has 2 saturated heterocycles. The molecule has 2 fully saturated rings. The summed E-state index contributed by atoms with van der Waals surface area (Å²) in [7, 11) is 0. The van der Waals surface area contributed by atoms with Crippen LogP contribution in [0.1, 0.15) is 25.7 Å². The number of ether oxygens (including phenoxy) is 4. The number of carbonyl (C=O) groups is 2. The lowest BCUT2D eigenvalue weighted by Crippen LogP contribution is -2.16. The third-order valence-corrected chi connectivity index (χ3v) is 4.70. The summed E-state index contributed by atoms with van der Waals surface area (Å²) in [6, 6.07) is 0. The molecule has 2 rings (SSSR count). The summed E-state index contributed by atoms with van der Waals surface area (Å²) in [5.74, 6) is 1.83. The molecule has 2 aliphatic rings. The first-order valence-electron chi connectivity index (χ1n) is 7.89. The van der Waals surface area contributed by atoms with Crippen molar-refractivity contribution in [2.24, 2.45) is 0 Å². The highest BCUT2D eigenvalue weighted by Gasteiger charge is 2.25. The van der Waals surface area contributed by atoms with Crippen molar-refractivity contribution in [3.8, 4) is 0 Å². The number of hydrogen-bond donors (Lipinski definition) is 0. The second kappa shape index (κ2) is 11.7. The summed E-state index contributed by atoms with van der Waals surface area (Å²) in [5, 5.41) is 0. The molecule has 0 radical (unpaired) electrons. The molecule has 138 valence electrons. The number of unbranched alkanes of at least 4 members (excludes halogenated alkanes) is 3. The molecule has 2 unspecified atom stereocenters. The van der Waals surface area contributed by atoms with Crippen molar-refractivity contribution < 1.29 is 36.9 Å². The fourth-order valence-corrected chi connectivity index (χ4v) is 3.31. The van der Waals surface area contributed by atoms with Crippen LogP contribution in [0.3, 0.4) is 0 Å². The maximum Gasteiger partial charge on any atom is 0.508 e.